The fraction of sp³-hybridized carbons (Fsp3) is 0.595. The number of nitrogens with zero attached hydrogens (tertiary/aromatic N) is 2. The molecule has 12 nitrogen and oxygen atoms in total. The summed E-state index contributed by atoms with van der Waals surface area (Å²) in [5.41, 5.74) is 2.44. The zero-order chi connectivity index (χ0) is 35.4. The third-order valence-corrected chi connectivity index (χ3v) is 9.68. The van der Waals surface area contributed by atoms with Crippen LogP contribution in [0, 0.1) is 17.8 Å². The van der Waals surface area contributed by atoms with Crippen LogP contribution in [0.3, 0.4) is 0 Å². The summed E-state index contributed by atoms with van der Waals surface area (Å²) in [7, 11) is 3.18. The maximum atomic E-state index is 13.6. The van der Waals surface area contributed by atoms with Gasteiger partial charge in [0, 0.05) is 44.7 Å². The fourth-order valence-corrected chi connectivity index (χ4v) is 7.65. The molecule has 3 N–H and O–H groups in total. The van der Waals surface area contributed by atoms with Gasteiger partial charge in [0.15, 0.2) is 0 Å². The van der Waals surface area contributed by atoms with Crippen molar-refractivity contribution in [2.24, 2.45) is 22.9 Å². The molecule has 12 heteroatoms. The molecule has 0 unspecified atom stereocenters. The summed E-state index contributed by atoms with van der Waals surface area (Å²) < 4.78 is 25.1. The summed E-state index contributed by atoms with van der Waals surface area (Å²) in [4.78, 5) is 33.0. The predicted octanol–water partition coefficient (Wildman–Crippen LogP) is 5.70. The molecule has 1 saturated carbocycles. The highest BCUT2D eigenvalue weighted by atomic mass is 16.7. The molecule has 3 aliphatic rings. The van der Waals surface area contributed by atoms with Crippen LogP contribution < -0.4 is 14.8 Å². The molecule has 1 aromatic carbocycles. The lowest BCUT2D eigenvalue weighted by atomic mass is 9.55. The number of allylic oxidation sites excluding steroid dienone is 1. The lowest BCUT2D eigenvalue weighted by Crippen LogP contribution is -2.69. The third kappa shape index (κ3) is 8.48. The smallest absolute Gasteiger partial charge is 0.412 e. The molecule has 6 atom stereocenters. The van der Waals surface area contributed by atoms with E-state index in [-0.39, 0.29) is 50.6 Å². The Bertz CT molecular complexity index is 1360. The number of oxime groups is 1. The quantitative estimate of drug-likeness (QED) is 0.101. The van der Waals surface area contributed by atoms with Crippen LogP contribution in [-0.4, -0.2) is 92.0 Å². The molecule has 0 aromatic heterocycles. The number of aliphatic hydroxyl groups excluding tert-OH is 2. The van der Waals surface area contributed by atoms with Crippen molar-refractivity contribution in [2.75, 3.05) is 47.1 Å². The van der Waals surface area contributed by atoms with Crippen molar-refractivity contribution in [1.82, 2.24) is 10.2 Å². The molecule has 2 amide bonds. The van der Waals surface area contributed by atoms with Crippen LogP contribution in [0.25, 0.3) is 0 Å². The molecule has 0 radical (unpaired) electrons. The van der Waals surface area contributed by atoms with Gasteiger partial charge in [-0.25, -0.2) is 9.59 Å². The van der Waals surface area contributed by atoms with Crippen molar-refractivity contribution >= 4 is 17.9 Å². The van der Waals surface area contributed by atoms with Gasteiger partial charge in [-0.05, 0) is 74.6 Å². The number of aliphatic hydroxyl groups is 2. The minimum Gasteiger partial charge on any atom is -0.459 e. The van der Waals surface area contributed by atoms with E-state index in [4.69, 9.17) is 23.8 Å². The first-order valence-electron chi connectivity index (χ1n) is 17.4. The Kier molecular flexibility index (Phi) is 14.1. The maximum absolute atomic E-state index is 13.6. The van der Waals surface area contributed by atoms with E-state index in [0.717, 1.165) is 36.8 Å². The number of amides is 2. The minimum atomic E-state index is -1.39. The van der Waals surface area contributed by atoms with Gasteiger partial charge in [-0.3, -0.25) is 0 Å². The van der Waals surface area contributed by atoms with Crippen molar-refractivity contribution in [2.45, 2.75) is 76.0 Å². The Morgan fingerprint density at radius 2 is 1.90 bits per heavy atom. The summed E-state index contributed by atoms with van der Waals surface area (Å²) in [5, 5.41) is 26.6. The van der Waals surface area contributed by atoms with Crippen molar-refractivity contribution in [1.29, 1.82) is 0 Å². The number of rotatable bonds is 18. The van der Waals surface area contributed by atoms with Crippen LogP contribution in [-0.2, 0) is 14.3 Å². The average Bonchev–Trinajstić information content (AvgIpc) is 3.09. The lowest BCUT2D eigenvalue weighted by molar-refractivity contribution is -0.253. The predicted molar refractivity (Wildman–Crippen MR) is 186 cm³/mol. The number of likely N-dealkylation sites (N-methyl/N-ethyl adjacent to an activating group) is 1. The highest BCUT2D eigenvalue weighted by molar-refractivity contribution is 6.02. The Hall–Kier alpha value is -3.87. The van der Waals surface area contributed by atoms with Crippen LogP contribution in [0.4, 0.5) is 9.59 Å². The van der Waals surface area contributed by atoms with Gasteiger partial charge >= 0.3 is 12.2 Å². The van der Waals surface area contributed by atoms with Crippen LogP contribution in [0.5, 0.6) is 11.5 Å². The number of carbonyl (C=O) groups excluding carboxylic acids is 2. The van der Waals surface area contributed by atoms with E-state index in [9.17, 15) is 19.8 Å². The first kappa shape index (κ1) is 37.9. The SMILES string of the molecule is C=CCCOC(=O)N(C)[C@H]1CC(=NOC)C2=C[C@H](CCCCO)[C@@H](CCCCO)[C@@H]3c4cc(OC(=O)NCC)ccc4O[C@@]1(OCC=C)[C@H]23. The average molecular weight is 684 g/mol. The van der Waals surface area contributed by atoms with Crippen LogP contribution in [0.2, 0.25) is 0 Å². The van der Waals surface area contributed by atoms with Crippen LogP contribution in [0.1, 0.15) is 69.8 Å². The van der Waals surface area contributed by atoms with Crippen LogP contribution >= 0.6 is 0 Å². The zero-order valence-corrected chi connectivity index (χ0v) is 29.1. The number of hydrogen-bond donors (Lipinski definition) is 3. The first-order chi connectivity index (χ1) is 23.8. The van der Waals surface area contributed by atoms with Gasteiger partial charge < -0.3 is 44.2 Å². The molecule has 49 heavy (non-hydrogen) atoms. The summed E-state index contributed by atoms with van der Waals surface area (Å²) in [5.74, 6) is -1.04. The Balaban J connectivity index is 1.97. The van der Waals surface area contributed by atoms with Crippen molar-refractivity contribution in [3.05, 3.63) is 60.7 Å². The van der Waals surface area contributed by atoms with Crippen molar-refractivity contribution in [3.8, 4) is 11.5 Å². The summed E-state index contributed by atoms with van der Waals surface area (Å²) >= 11 is 0. The molecule has 1 aliphatic heterocycles. The number of benzene rings is 1. The van der Waals surface area contributed by atoms with E-state index in [1.807, 2.05) is 13.0 Å². The molecule has 1 fully saturated rings. The molecule has 0 spiro atoms. The molecular formula is C37H53N3O9. The number of hydrogen-bond acceptors (Lipinski definition) is 10. The molecule has 270 valence electrons. The summed E-state index contributed by atoms with van der Waals surface area (Å²) in [6.07, 6.45) is 9.82. The van der Waals surface area contributed by atoms with Crippen LogP contribution in [0.15, 0.2) is 60.3 Å². The monoisotopic (exact) mass is 683 g/mol. The topological polar surface area (TPSA) is 148 Å². The van der Waals surface area contributed by atoms with E-state index < -0.39 is 29.9 Å². The number of carbonyl (C=O) groups is 2. The van der Waals surface area contributed by atoms with Crippen molar-refractivity contribution < 1.29 is 43.6 Å². The molecule has 0 bridgehead atoms. The van der Waals surface area contributed by atoms with E-state index in [0.29, 0.717) is 43.0 Å². The van der Waals surface area contributed by atoms with Gasteiger partial charge in [0.25, 0.3) is 0 Å². The number of nitrogens with one attached hydrogen (secondary N) is 1. The molecule has 0 saturated heterocycles. The van der Waals surface area contributed by atoms with Gasteiger partial charge in [0.2, 0.25) is 5.79 Å². The Labute approximate surface area is 289 Å². The number of fused-ring (bicyclic) bond motifs is 2. The molecular weight excluding hydrogens is 630 g/mol. The fourth-order valence-electron chi connectivity index (χ4n) is 7.65. The van der Waals surface area contributed by atoms with E-state index in [1.165, 1.54) is 12.0 Å². The normalized spacial score (nSPS) is 25.9. The van der Waals surface area contributed by atoms with Gasteiger partial charge in [0.1, 0.15) is 24.7 Å². The largest absolute Gasteiger partial charge is 0.459 e. The maximum Gasteiger partial charge on any atom is 0.412 e. The number of unbranched alkanes of at least 4 members (excludes halogenated alkanes) is 2. The third-order valence-electron chi connectivity index (χ3n) is 9.68. The van der Waals surface area contributed by atoms with Crippen molar-refractivity contribution in [3.63, 3.8) is 0 Å². The van der Waals surface area contributed by atoms with Gasteiger partial charge in [-0.15, -0.1) is 13.2 Å². The van der Waals surface area contributed by atoms with Gasteiger partial charge in [-0.2, -0.15) is 0 Å². The van der Waals surface area contributed by atoms with E-state index in [1.54, 1.807) is 31.3 Å². The molecule has 1 heterocycles. The first-order valence-corrected chi connectivity index (χ1v) is 17.4. The second-order valence-corrected chi connectivity index (χ2v) is 12.7. The highest BCUT2D eigenvalue weighted by Gasteiger charge is 2.65. The minimum absolute atomic E-state index is 0.0421. The highest BCUT2D eigenvalue weighted by Crippen LogP contribution is 2.61. The Morgan fingerprint density at radius 1 is 1.14 bits per heavy atom. The second-order valence-electron chi connectivity index (χ2n) is 12.7. The standard InChI is InChI=1S/C37H53N3O9/c1-6-9-21-46-36(44)40(4)32-24-30(39-45-5)28-22-25(14-10-12-18-41)27(15-11-13-19-42)33-29-23-26(48-35(43)38-8-3)16-17-31(29)49-37(32,34(28)33)47-20-7-2/h6-7,16-17,22-23,25,27,32-34,41-42H,1-2,8-15,18-21,24H2,3-5H3,(H,38,43)/t25-,27+,32-,33+,34+,37+/m0/s1. The summed E-state index contributed by atoms with van der Waals surface area (Å²) in [6, 6.07) is 4.66. The number of ether oxygens (including phenoxy) is 4. The van der Waals surface area contributed by atoms with E-state index >= 15 is 0 Å². The van der Waals surface area contributed by atoms with E-state index in [2.05, 4.69) is 29.7 Å². The van der Waals surface area contributed by atoms with Gasteiger partial charge in [-0.1, -0.05) is 36.2 Å². The molecule has 2 aliphatic carbocycles. The van der Waals surface area contributed by atoms with Gasteiger partial charge in [0.05, 0.1) is 24.8 Å². The molecule has 4 rings (SSSR count). The molecule has 1 aromatic rings. The second kappa shape index (κ2) is 18.2. The zero-order valence-electron chi connectivity index (χ0n) is 29.1. The summed E-state index contributed by atoms with van der Waals surface area (Å²) in [6.45, 7) is 10.4. The lowest BCUT2D eigenvalue weighted by Gasteiger charge is -2.59. The Morgan fingerprint density at radius 3 is 2.57 bits per heavy atom.